The number of halogens is 1. The van der Waals surface area contributed by atoms with Crippen molar-refractivity contribution >= 4 is 60.0 Å². The van der Waals surface area contributed by atoms with Gasteiger partial charge in [-0.1, -0.05) is 39.0 Å². The fourth-order valence-corrected chi connectivity index (χ4v) is 7.73. The zero-order valence-electron chi connectivity index (χ0n) is 29.9. The summed E-state index contributed by atoms with van der Waals surface area (Å²) in [6, 6.07) is 30.6. The van der Waals surface area contributed by atoms with Crippen LogP contribution in [0.1, 0.15) is 33.6 Å². The first kappa shape index (κ1) is 39.7. The Labute approximate surface area is 311 Å². The highest BCUT2D eigenvalue weighted by molar-refractivity contribution is 6.73. The Kier molecular flexibility index (Phi) is 16.3. The molecular formula is C39H45ClN6O5Si. The van der Waals surface area contributed by atoms with Gasteiger partial charge in [0.1, 0.15) is 23.8 Å². The Morgan fingerprint density at radius 3 is 1.56 bits per heavy atom. The van der Waals surface area contributed by atoms with E-state index < -0.39 is 14.3 Å². The first-order chi connectivity index (χ1) is 25.3. The third-order valence-corrected chi connectivity index (χ3v) is 13.2. The number of rotatable bonds is 21. The van der Waals surface area contributed by atoms with Crippen LogP contribution in [0.5, 0.6) is 11.5 Å². The van der Waals surface area contributed by atoms with Gasteiger partial charge in [0.05, 0.1) is 53.3 Å². The molecule has 13 heteroatoms. The predicted octanol–water partition coefficient (Wildman–Crippen LogP) is 12.9. The second-order valence-electron chi connectivity index (χ2n) is 11.6. The molecule has 0 atom stereocenters. The van der Waals surface area contributed by atoms with Crippen molar-refractivity contribution in [3.05, 3.63) is 109 Å². The lowest BCUT2D eigenvalue weighted by atomic mass is 10.3. The highest BCUT2D eigenvalue weighted by atomic mass is 35.5. The smallest absolute Gasteiger partial charge is 0.330 e. The minimum Gasteiger partial charge on any atom is -0.494 e. The Hall–Kier alpha value is -5.04. The summed E-state index contributed by atoms with van der Waals surface area (Å²) < 4.78 is 22.8. The molecule has 0 fully saturated rings. The van der Waals surface area contributed by atoms with Crippen LogP contribution < -0.4 is 9.47 Å². The minimum absolute atomic E-state index is 0.346. The summed E-state index contributed by atoms with van der Waals surface area (Å²) in [7, 11) is -1.60. The van der Waals surface area contributed by atoms with Crippen molar-refractivity contribution in [2.24, 2.45) is 30.7 Å². The molecule has 4 aromatic rings. The molecule has 11 nitrogen and oxygen atoms in total. The molecule has 0 radical (unpaired) electrons. The van der Waals surface area contributed by atoms with Crippen LogP contribution in [0.25, 0.3) is 0 Å². The van der Waals surface area contributed by atoms with E-state index in [1.54, 1.807) is 30.3 Å². The zero-order valence-corrected chi connectivity index (χ0v) is 31.7. The number of carbonyl (C=O) groups is 1. The van der Waals surface area contributed by atoms with Crippen LogP contribution in [0.4, 0.5) is 34.1 Å². The van der Waals surface area contributed by atoms with E-state index in [1.807, 2.05) is 60.7 Å². The predicted molar refractivity (Wildman–Crippen MR) is 208 cm³/mol. The normalized spacial score (nSPS) is 11.8. The van der Waals surface area contributed by atoms with E-state index >= 15 is 0 Å². The summed E-state index contributed by atoms with van der Waals surface area (Å²) in [6.45, 7) is 12.0. The van der Waals surface area contributed by atoms with Gasteiger partial charge in [0.15, 0.2) is 8.32 Å². The maximum Gasteiger partial charge on any atom is 0.330 e. The van der Waals surface area contributed by atoms with Gasteiger partial charge in [0, 0.05) is 6.08 Å². The van der Waals surface area contributed by atoms with Crippen molar-refractivity contribution in [2.75, 3.05) is 26.4 Å². The number of hydrogen-bond donors (Lipinski definition) is 0. The Morgan fingerprint density at radius 1 is 0.615 bits per heavy atom. The number of unbranched alkanes of at least 4 members (excludes halogenated alkanes) is 1. The van der Waals surface area contributed by atoms with Gasteiger partial charge in [-0.15, -0.1) is 5.11 Å². The molecule has 0 N–H and O–H groups in total. The molecule has 0 unspecified atom stereocenters. The molecule has 0 amide bonds. The average Bonchev–Trinajstić information content (AvgIpc) is 3.18. The topological polar surface area (TPSA) is 128 Å². The lowest BCUT2D eigenvalue weighted by Crippen LogP contribution is -2.37. The quantitative estimate of drug-likeness (QED) is 0.0276. The van der Waals surface area contributed by atoms with Crippen LogP contribution in [0, 0.1) is 0 Å². The largest absolute Gasteiger partial charge is 0.494 e. The van der Waals surface area contributed by atoms with E-state index in [9.17, 15) is 4.79 Å². The number of azo groups is 3. The number of esters is 1. The lowest BCUT2D eigenvalue weighted by molar-refractivity contribution is -0.137. The molecule has 272 valence electrons. The summed E-state index contributed by atoms with van der Waals surface area (Å²) in [5, 5.41) is 26.2. The van der Waals surface area contributed by atoms with Crippen molar-refractivity contribution in [1.82, 2.24) is 0 Å². The minimum atomic E-state index is -1.60. The second-order valence-corrected chi connectivity index (χ2v) is 16.8. The van der Waals surface area contributed by atoms with E-state index in [2.05, 4.69) is 58.0 Å². The fraction of sp³-hybridized carbons (Fsp3) is 0.308. The first-order valence-electron chi connectivity index (χ1n) is 17.4. The summed E-state index contributed by atoms with van der Waals surface area (Å²) >= 11 is 6.47. The number of hydrogen-bond acceptors (Lipinski definition) is 11. The third-order valence-electron chi connectivity index (χ3n) is 8.20. The van der Waals surface area contributed by atoms with Gasteiger partial charge in [0.25, 0.3) is 0 Å². The summed E-state index contributed by atoms with van der Waals surface area (Å²) in [6.07, 6.45) is 2.63. The Morgan fingerprint density at radius 2 is 1.06 bits per heavy atom. The van der Waals surface area contributed by atoms with Gasteiger partial charge >= 0.3 is 5.97 Å². The molecule has 0 saturated carbocycles. The highest BCUT2D eigenvalue weighted by Gasteiger charge is 2.28. The summed E-state index contributed by atoms with van der Waals surface area (Å²) in [4.78, 5) is 11.0. The first-order valence-corrected chi connectivity index (χ1v) is 20.3. The highest BCUT2D eigenvalue weighted by Crippen LogP contribution is 2.32. The van der Waals surface area contributed by atoms with Gasteiger partial charge in [-0.2, -0.15) is 25.6 Å². The van der Waals surface area contributed by atoms with Crippen LogP contribution in [-0.2, 0) is 14.0 Å². The van der Waals surface area contributed by atoms with Crippen LogP contribution in [0.15, 0.2) is 134 Å². The second kappa shape index (κ2) is 21.4. The van der Waals surface area contributed by atoms with Gasteiger partial charge in [-0.05, 0) is 122 Å². The number of carbonyl (C=O) groups excluding carboxylic acids is 1. The molecule has 4 aromatic carbocycles. The van der Waals surface area contributed by atoms with Crippen LogP contribution >= 0.6 is 11.6 Å². The van der Waals surface area contributed by atoms with Crippen LogP contribution in [0.3, 0.4) is 0 Å². The summed E-state index contributed by atoms with van der Waals surface area (Å²) in [5.41, 5.74) is 3.79. The molecule has 0 aliphatic rings. The molecule has 4 rings (SSSR count). The van der Waals surface area contributed by atoms with Crippen molar-refractivity contribution < 1.29 is 23.4 Å². The average molecular weight is 741 g/mol. The molecular weight excluding hydrogens is 696 g/mol. The Balaban J connectivity index is 1.20. The van der Waals surface area contributed by atoms with E-state index in [0.29, 0.717) is 72.0 Å². The van der Waals surface area contributed by atoms with E-state index in [4.69, 9.17) is 30.2 Å². The van der Waals surface area contributed by atoms with E-state index in [0.717, 1.165) is 42.1 Å². The molecule has 0 saturated heterocycles. The maximum absolute atomic E-state index is 11.0. The SMILES string of the molecule is C=CC(=O)OCCCCOc1ccc(N=Nc2ccc(N=Nc3ccc(N=Nc4ccc(OCCO[Si](CC)(CC)CC)cc4)c(Cl)c3)cc2)cc1. The standard InChI is InChI=1S/C39H45ClN6O5Si/c1-5-39(47)50-26-10-9-25-48-35-20-15-32(16-21-35)42-41-30-11-13-31(14-12-30)43-45-34-19-24-38(37(40)29-34)46-44-33-17-22-36(23-18-33)49-27-28-51-52(6-2,7-3)8-4/h5,11-24,29H,1,6-10,25-28H2,2-4H3. The molecule has 0 heterocycles. The molecule has 0 aromatic heterocycles. The molecule has 0 bridgehead atoms. The summed E-state index contributed by atoms with van der Waals surface area (Å²) in [5.74, 6) is 1.07. The van der Waals surface area contributed by atoms with Crippen molar-refractivity contribution in [3.8, 4) is 11.5 Å². The zero-order chi connectivity index (χ0) is 37.0. The van der Waals surface area contributed by atoms with Gasteiger partial charge in [0.2, 0.25) is 0 Å². The van der Waals surface area contributed by atoms with E-state index in [1.165, 1.54) is 0 Å². The number of ether oxygens (including phenoxy) is 3. The van der Waals surface area contributed by atoms with E-state index in [-0.39, 0.29) is 0 Å². The van der Waals surface area contributed by atoms with Crippen molar-refractivity contribution in [1.29, 1.82) is 0 Å². The molecule has 0 spiro atoms. The molecule has 52 heavy (non-hydrogen) atoms. The third kappa shape index (κ3) is 13.3. The Bertz CT molecular complexity index is 1790. The molecule has 0 aliphatic heterocycles. The number of benzene rings is 4. The number of nitrogens with zero attached hydrogens (tertiary/aromatic N) is 6. The van der Waals surface area contributed by atoms with Gasteiger partial charge in [-0.3, -0.25) is 0 Å². The van der Waals surface area contributed by atoms with Crippen LogP contribution in [0.2, 0.25) is 23.2 Å². The maximum atomic E-state index is 11.0. The van der Waals surface area contributed by atoms with Gasteiger partial charge in [-0.25, -0.2) is 4.79 Å². The van der Waals surface area contributed by atoms with Crippen LogP contribution in [-0.4, -0.2) is 40.7 Å². The van der Waals surface area contributed by atoms with Gasteiger partial charge < -0.3 is 18.6 Å². The fourth-order valence-electron chi connectivity index (χ4n) is 4.89. The monoisotopic (exact) mass is 740 g/mol. The van der Waals surface area contributed by atoms with Crippen molar-refractivity contribution in [2.45, 2.75) is 51.7 Å². The molecule has 0 aliphatic carbocycles. The lowest BCUT2D eigenvalue weighted by Gasteiger charge is -2.27. The van der Waals surface area contributed by atoms with Crippen molar-refractivity contribution in [3.63, 3.8) is 0 Å².